The Morgan fingerprint density at radius 2 is 2.00 bits per heavy atom. The van der Waals surface area contributed by atoms with Gasteiger partial charge < -0.3 is 16.2 Å². The second kappa shape index (κ2) is 5.34. The maximum absolute atomic E-state index is 12.0. The molecule has 1 aliphatic rings. The monoisotopic (exact) mass is 257 g/mol. The van der Waals surface area contributed by atoms with Gasteiger partial charge in [0.15, 0.2) is 0 Å². The summed E-state index contributed by atoms with van der Waals surface area (Å²) in [7, 11) is 0. The molecule has 3 atom stereocenters. The van der Waals surface area contributed by atoms with Crippen LogP contribution >= 0.6 is 0 Å². The Bertz CT molecular complexity index is 367. The van der Waals surface area contributed by atoms with Gasteiger partial charge in [-0.2, -0.15) is 0 Å². The van der Waals surface area contributed by atoms with E-state index < -0.39 is 36.0 Å². The van der Waals surface area contributed by atoms with Crippen LogP contribution in [0.25, 0.3) is 0 Å². The molecule has 0 aromatic heterocycles. The Labute approximate surface area is 105 Å². The SMILES string of the molecule is CC(C)CC(C(N)=O)N1C(=O)NC([C@@H](C)O)C1=O. The molecule has 0 aromatic carbocycles. The highest BCUT2D eigenvalue weighted by Crippen LogP contribution is 2.18. The fourth-order valence-corrected chi connectivity index (χ4v) is 1.93. The van der Waals surface area contributed by atoms with Crippen LogP contribution in [0.2, 0.25) is 0 Å². The summed E-state index contributed by atoms with van der Waals surface area (Å²) in [5, 5.41) is 11.7. The number of aliphatic hydroxyl groups excluding tert-OH is 1. The molecule has 18 heavy (non-hydrogen) atoms. The van der Waals surface area contributed by atoms with Crippen LogP contribution in [0.3, 0.4) is 0 Å². The number of nitrogens with one attached hydrogen (secondary N) is 1. The Morgan fingerprint density at radius 3 is 2.33 bits per heavy atom. The number of urea groups is 1. The van der Waals surface area contributed by atoms with Crippen LogP contribution < -0.4 is 11.1 Å². The number of aliphatic hydroxyl groups is 1. The second-order valence-corrected chi connectivity index (χ2v) is 4.92. The van der Waals surface area contributed by atoms with Crippen LogP contribution in [0.1, 0.15) is 27.2 Å². The van der Waals surface area contributed by atoms with Crippen LogP contribution in [0.4, 0.5) is 4.79 Å². The van der Waals surface area contributed by atoms with Crippen LogP contribution in [-0.4, -0.2) is 46.0 Å². The maximum Gasteiger partial charge on any atom is 0.325 e. The number of imide groups is 1. The summed E-state index contributed by atoms with van der Waals surface area (Å²) in [4.78, 5) is 35.9. The summed E-state index contributed by atoms with van der Waals surface area (Å²) in [5.41, 5.74) is 5.24. The zero-order valence-electron chi connectivity index (χ0n) is 10.7. The zero-order valence-corrected chi connectivity index (χ0v) is 10.7. The van der Waals surface area contributed by atoms with E-state index in [1.807, 2.05) is 13.8 Å². The molecule has 1 saturated heterocycles. The summed E-state index contributed by atoms with van der Waals surface area (Å²) in [6.45, 7) is 5.12. The standard InChI is InChI=1S/C11H19N3O4/c1-5(2)4-7(9(12)16)14-10(17)8(6(3)15)13-11(14)18/h5-8,15H,4H2,1-3H3,(H2,12,16)(H,13,18)/t6-,7?,8?/m1/s1. The number of hydrogen-bond donors (Lipinski definition) is 3. The van der Waals surface area contributed by atoms with E-state index in [9.17, 15) is 19.5 Å². The molecule has 2 unspecified atom stereocenters. The molecule has 1 heterocycles. The minimum absolute atomic E-state index is 0.105. The van der Waals surface area contributed by atoms with E-state index >= 15 is 0 Å². The van der Waals surface area contributed by atoms with Crippen molar-refractivity contribution in [2.24, 2.45) is 11.7 Å². The van der Waals surface area contributed by atoms with Crippen molar-refractivity contribution in [3.63, 3.8) is 0 Å². The number of carbonyl (C=O) groups is 3. The predicted molar refractivity (Wildman–Crippen MR) is 63.3 cm³/mol. The molecule has 0 aliphatic carbocycles. The quantitative estimate of drug-likeness (QED) is 0.559. The van der Waals surface area contributed by atoms with Gasteiger partial charge in [-0.15, -0.1) is 0 Å². The van der Waals surface area contributed by atoms with Crippen molar-refractivity contribution in [3.8, 4) is 0 Å². The highest BCUT2D eigenvalue weighted by Gasteiger charge is 2.45. The van der Waals surface area contributed by atoms with Crippen molar-refractivity contribution in [2.75, 3.05) is 0 Å². The topological polar surface area (TPSA) is 113 Å². The van der Waals surface area contributed by atoms with Gasteiger partial charge in [-0.1, -0.05) is 13.8 Å². The molecule has 1 fully saturated rings. The van der Waals surface area contributed by atoms with Crippen molar-refractivity contribution < 1.29 is 19.5 Å². The van der Waals surface area contributed by atoms with E-state index in [0.717, 1.165) is 4.90 Å². The second-order valence-electron chi connectivity index (χ2n) is 4.92. The van der Waals surface area contributed by atoms with Gasteiger partial charge in [0.05, 0.1) is 6.10 Å². The third-order valence-corrected chi connectivity index (χ3v) is 2.82. The highest BCUT2D eigenvalue weighted by atomic mass is 16.3. The molecule has 0 aromatic rings. The Kier molecular flexibility index (Phi) is 4.28. The van der Waals surface area contributed by atoms with Crippen LogP contribution in [0, 0.1) is 5.92 Å². The van der Waals surface area contributed by atoms with Gasteiger partial charge in [-0.25, -0.2) is 9.69 Å². The van der Waals surface area contributed by atoms with E-state index in [2.05, 4.69) is 5.32 Å². The lowest BCUT2D eigenvalue weighted by atomic mass is 10.0. The van der Waals surface area contributed by atoms with Gasteiger partial charge in [0, 0.05) is 0 Å². The number of primary amides is 1. The summed E-state index contributed by atoms with van der Waals surface area (Å²) < 4.78 is 0. The fraction of sp³-hybridized carbons (Fsp3) is 0.727. The lowest BCUT2D eigenvalue weighted by molar-refractivity contribution is -0.136. The third kappa shape index (κ3) is 2.79. The first-order valence-corrected chi connectivity index (χ1v) is 5.86. The van der Waals surface area contributed by atoms with Crippen LogP contribution in [0.15, 0.2) is 0 Å². The van der Waals surface area contributed by atoms with Gasteiger partial charge in [0.25, 0.3) is 5.91 Å². The molecule has 1 aliphatic heterocycles. The normalized spacial score (nSPS) is 23.2. The molecular weight excluding hydrogens is 238 g/mol. The fourth-order valence-electron chi connectivity index (χ4n) is 1.93. The van der Waals surface area contributed by atoms with Crippen molar-refractivity contribution in [1.29, 1.82) is 0 Å². The molecule has 4 amide bonds. The van der Waals surface area contributed by atoms with Crippen LogP contribution in [0.5, 0.6) is 0 Å². The van der Waals surface area contributed by atoms with E-state index in [4.69, 9.17) is 5.73 Å². The van der Waals surface area contributed by atoms with E-state index in [1.165, 1.54) is 6.92 Å². The van der Waals surface area contributed by atoms with Gasteiger partial charge in [-0.05, 0) is 19.3 Å². The van der Waals surface area contributed by atoms with Crippen LogP contribution in [-0.2, 0) is 9.59 Å². The number of hydrogen-bond acceptors (Lipinski definition) is 4. The zero-order chi connectivity index (χ0) is 14.0. The molecule has 0 radical (unpaired) electrons. The van der Waals surface area contributed by atoms with Crippen molar-refractivity contribution >= 4 is 17.8 Å². The van der Waals surface area contributed by atoms with Gasteiger partial charge in [-0.3, -0.25) is 9.59 Å². The van der Waals surface area contributed by atoms with Crippen molar-refractivity contribution in [2.45, 2.75) is 45.4 Å². The number of rotatable bonds is 5. The van der Waals surface area contributed by atoms with Gasteiger partial charge in [0.1, 0.15) is 12.1 Å². The third-order valence-electron chi connectivity index (χ3n) is 2.82. The lowest BCUT2D eigenvalue weighted by Crippen LogP contribution is -2.49. The Hall–Kier alpha value is -1.63. The Morgan fingerprint density at radius 1 is 1.44 bits per heavy atom. The number of carbonyl (C=O) groups excluding carboxylic acids is 3. The summed E-state index contributed by atoms with van der Waals surface area (Å²) in [5.74, 6) is -1.23. The Balaban J connectivity index is 2.95. The van der Waals surface area contributed by atoms with Crippen molar-refractivity contribution in [3.05, 3.63) is 0 Å². The summed E-state index contributed by atoms with van der Waals surface area (Å²) >= 11 is 0. The average molecular weight is 257 g/mol. The molecule has 7 nitrogen and oxygen atoms in total. The van der Waals surface area contributed by atoms with E-state index in [1.54, 1.807) is 0 Å². The molecule has 102 valence electrons. The smallest absolute Gasteiger partial charge is 0.325 e. The predicted octanol–water partition coefficient (Wildman–Crippen LogP) is -0.812. The summed E-state index contributed by atoms with van der Waals surface area (Å²) in [6.07, 6.45) is -0.708. The number of nitrogens with zero attached hydrogens (tertiary/aromatic N) is 1. The molecular formula is C11H19N3O4. The first-order valence-electron chi connectivity index (χ1n) is 5.86. The summed E-state index contributed by atoms with van der Waals surface area (Å²) in [6, 6.07) is -2.66. The first kappa shape index (κ1) is 14.4. The number of nitrogens with two attached hydrogens (primary N) is 1. The molecule has 0 spiro atoms. The largest absolute Gasteiger partial charge is 0.391 e. The average Bonchev–Trinajstić information content (AvgIpc) is 2.51. The van der Waals surface area contributed by atoms with Gasteiger partial charge in [0.2, 0.25) is 5.91 Å². The number of amides is 4. The lowest BCUT2D eigenvalue weighted by Gasteiger charge is -2.24. The molecule has 0 saturated carbocycles. The molecule has 7 heteroatoms. The van der Waals surface area contributed by atoms with E-state index in [-0.39, 0.29) is 5.92 Å². The minimum atomic E-state index is -1.01. The van der Waals surface area contributed by atoms with E-state index in [0.29, 0.717) is 6.42 Å². The maximum atomic E-state index is 12.0. The highest BCUT2D eigenvalue weighted by molar-refractivity contribution is 6.07. The first-order chi connectivity index (χ1) is 8.25. The molecule has 1 rings (SSSR count). The van der Waals surface area contributed by atoms with Gasteiger partial charge >= 0.3 is 6.03 Å². The molecule has 0 bridgehead atoms. The minimum Gasteiger partial charge on any atom is -0.391 e. The van der Waals surface area contributed by atoms with Crippen molar-refractivity contribution in [1.82, 2.24) is 10.2 Å². The molecule has 4 N–H and O–H groups in total.